The molecular formula is C16H8N2S3. The average molecular weight is 324 g/mol. The van der Waals surface area contributed by atoms with E-state index in [4.69, 9.17) is 5.26 Å². The summed E-state index contributed by atoms with van der Waals surface area (Å²) >= 11 is 4.94. The Morgan fingerprint density at radius 1 is 1.00 bits per heavy atom. The Balaban J connectivity index is 2.27. The van der Waals surface area contributed by atoms with E-state index in [1.165, 1.54) is 11.0 Å². The summed E-state index contributed by atoms with van der Waals surface area (Å²) in [5.41, 5.74) is 2.32. The quantitative estimate of drug-likeness (QED) is 0.586. The highest BCUT2D eigenvalue weighted by Gasteiger charge is 2.19. The number of allylic oxidation sites excluding steroid dienone is 2. The van der Waals surface area contributed by atoms with E-state index >= 15 is 0 Å². The van der Waals surface area contributed by atoms with Crippen LogP contribution in [-0.2, 0) is 0 Å². The summed E-state index contributed by atoms with van der Waals surface area (Å²) in [4.78, 5) is 3.46. The Bertz CT molecular complexity index is 854. The summed E-state index contributed by atoms with van der Waals surface area (Å²) in [5, 5.41) is 24.2. The molecule has 0 spiro atoms. The molecule has 0 saturated heterocycles. The van der Waals surface area contributed by atoms with Crippen molar-refractivity contribution >= 4 is 39.6 Å². The number of hydrogen-bond acceptors (Lipinski definition) is 5. The zero-order valence-corrected chi connectivity index (χ0v) is 13.2. The van der Waals surface area contributed by atoms with Gasteiger partial charge in [-0.2, -0.15) is 10.5 Å². The van der Waals surface area contributed by atoms with E-state index in [1.54, 1.807) is 34.0 Å². The molecule has 3 heterocycles. The first-order valence-electron chi connectivity index (χ1n) is 6.04. The first-order chi connectivity index (χ1) is 10.3. The van der Waals surface area contributed by atoms with Crippen molar-refractivity contribution < 1.29 is 0 Å². The molecule has 2 nitrogen and oxygen atoms in total. The third-order valence-corrected chi connectivity index (χ3v) is 5.84. The van der Waals surface area contributed by atoms with E-state index < -0.39 is 0 Å². The Morgan fingerprint density at radius 2 is 1.71 bits per heavy atom. The standard InChI is InChI=1S/C16H8N2S3/c17-6-5-11(9-18)12-10-21-16(14-4-2-8-20-14)15(12)13-3-1-7-19-13/h1-5,7-8,10H. The van der Waals surface area contributed by atoms with Gasteiger partial charge in [-0.25, -0.2) is 0 Å². The molecule has 0 saturated carbocycles. The summed E-state index contributed by atoms with van der Waals surface area (Å²) in [5.74, 6) is 0. The molecule has 0 aliphatic rings. The van der Waals surface area contributed by atoms with Gasteiger partial charge in [0.1, 0.15) is 6.07 Å². The highest BCUT2D eigenvalue weighted by molar-refractivity contribution is 7.21. The van der Waals surface area contributed by atoms with E-state index in [2.05, 4.69) is 18.2 Å². The zero-order valence-electron chi connectivity index (χ0n) is 10.7. The molecule has 0 aromatic carbocycles. The summed E-state index contributed by atoms with van der Waals surface area (Å²) in [6.45, 7) is 0. The Hall–Kier alpha value is -2.18. The van der Waals surface area contributed by atoms with Crippen LogP contribution in [0.3, 0.4) is 0 Å². The van der Waals surface area contributed by atoms with Gasteiger partial charge in [0.05, 0.1) is 16.5 Å². The van der Waals surface area contributed by atoms with Crippen LogP contribution in [0, 0.1) is 22.7 Å². The lowest BCUT2D eigenvalue weighted by Gasteiger charge is -2.03. The van der Waals surface area contributed by atoms with Crippen molar-refractivity contribution in [1.29, 1.82) is 10.5 Å². The summed E-state index contributed by atoms with van der Waals surface area (Å²) in [7, 11) is 0. The highest BCUT2D eigenvalue weighted by atomic mass is 32.1. The molecule has 100 valence electrons. The fraction of sp³-hybridized carbons (Fsp3) is 0. The van der Waals surface area contributed by atoms with Crippen molar-refractivity contribution in [2.45, 2.75) is 0 Å². The van der Waals surface area contributed by atoms with Crippen LogP contribution in [0.25, 0.3) is 25.8 Å². The molecule has 0 radical (unpaired) electrons. The first-order valence-corrected chi connectivity index (χ1v) is 8.68. The maximum Gasteiger partial charge on any atom is 0.101 e. The largest absolute Gasteiger partial charge is 0.193 e. The minimum atomic E-state index is 0.417. The second-order valence-corrected chi connectivity index (χ2v) is 6.88. The predicted octanol–water partition coefficient (Wildman–Crippen LogP) is 5.64. The van der Waals surface area contributed by atoms with Gasteiger partial charge in [-0.3, -0.25) is 0 Å². The van der Waals surface area contributed by atoms with Crippen LogP contribution in [0.1, 0.15) is 5.56 Å². The van der Waals surface area contributed by atoms with E-state index in [-0.39, 0.29) is 0 Å². The lowest BCUT2D eigenvalue weighted by Crippen LogP contribution is -1.83. The first kappa shape index (κ1) is 13.8. The van der Waals surface area contributed by atoms with Crippen LogP contribution < -0.4 is 0 Å². The number of nitriles is 2. The van der Waals surface area contributed by atoms with Crippen molar-refractivity contribution in [2.75, 3.05) is 0 Å². The Labute approximate surface area is 134 Å². The Kier molecular flexibility index (Phi) is 3.98. The molecular weight excluding hydrogens is 316 g/mol. The second-order valence-electron chi connectivity index (χ2n) is 4.11. The minimum Gasteiger partial charge on any atom is -0.193 e. The fourth-order valence-electron chi connectivity index (χ4n) is 2.05. The maximum absolute atomic E-state index is 9.31. The molecule has 0 aliphatic carbocycles. The van der Waals surface area contributed by atoms with Gasteiger partial charge >= 0.3 is 0 Å². The molecule has 0 fully saturated rings. The predicted molar refractivity (Wildman–Crippen MR) is 90.1 cm³/mol. The van der Waals surface area contributed by atoms with Crippen LogP contribution in [-0.4, -0.2) is 0 Å². The van der Waals surface area contributed by atoms with Gasteiger partial charge in [0.25, 0.3) is 0 Å². The number of thiophene rings is 3. The van der Waals surface area contributed by atoms with Crippen molar-refractivity contribution in [3.8, 4) is 32.3 Å². The van der Waals surface area contributed by atoms with Gasteiger partial charge in [-0.15, -0.1) is 34.0 Å². The van der Waals surface area contributed by atoms with Crippen molar-refractivity contribution in [1.82, 2.24) is 0 Å². The maximum atomic E-state index is 9.31. The molecule has 3 aromatic rings. The smallest absolute Gasteiger partial charge is 0.101 e. The normalized spacial score (nSPS) is 11.0. The van der Waals surface area contributed by atoms with Gasteiger partial charge in [-0.1, -0.05) is 12.1 Å². The van der Waals surface area contributed by atoms with Crippen molar-refractivity contribution in [3.05, 3.63) is 52.0 Å². The monoisotopic (exact) mass is 324 g/mol. The molecule has 0 N–H and O–H groups in total. The van der Waals surface area contributed by atoms with Crippen molar-refractivity contribution in [2.24, 2.45) is 0 Å². The molecule has 0 amide bonds. The Morgan fingerprint density at radius 3 is 2.29 bits per heavy atom. The van der Waals surface area contributed by atoms with Gasteiger partial charge in [0.2, 0.25) is 0 Å². The molecule has 21 heavy (non-hydrogen) atoms. The molecule has 0 bridgehead atoms. The molecule has 0 aliphatic heterocycles. The van der Waals surface area contributed by atoms with E-state index in [9.17, 15) is 5.26 Å². The van der Waals surface area contributed by atoms with Gasteiger partial charge in [0, 0.05) is 32.3 Å². The minimum absolute atomic E-state index is 0.417. The van der Waals surface area contributed by atoms with E-state index in [0.717, 1.165) is 20.9 Å². The molecule has 5 heteroatoms. The topological polar surface area (TPSA) is 47.6 Å². The van der Waals surface area contributed by atoms with Crippen LogP contribution in [0.2, 0.25) is 0 Å². The van der Waals surface area contributed by atoms with Crippen LogP contribution in [0.5, 0.6) is 0 Å². The van der Waals surface area contributed by atoms with E-state index in [0.29, 0.717) is 5.57 Å². The summed E-state index contributed by atoms with van der Waals surface area (Å²) in [6.07, 6.45) is 1.32. The van der Waals surface area contributed by atoms with Gasteiger partial charge in [0.15, 0.2) is 0 Å². The third-order valence-electron chi connectivity index (χ3n) is 2.92. The second kappa shape index (κ2) is 6.07. The number of rotatable bonds is 3. The SMILES string of the molecule is N#CC=C(C#N)c1csc(-c2cccs2)c1-c1cccs1. The van der Waals surface area contributed by atoms with Gasteiger partial charge < -0.3 is 0 Å². The van der Waals surface area contributed by atoms with Crippen LogP contribution >= 0.6 is 34.0 Å². The van der Waals surface area contributed by atoms with Crippen LogP contribution in [0.15, 0.2) is 46.5 Å². The number of nitrogens with zero attached hydrogens (tertiary/aromatic N) is 2. The highest BCUT2D eigenvalue weighted by Crippen LogP contribution is 2.45. The zero-order chi connectivity index (χ0) is 14.7. The molecule has 0 atom stereocenters. The van der Waals surface area contributed by atoms with Gasteiger partial charge in [-0.05, 0) is 22.9 Å². The van der Waals surface area contributed by atoms with E-state index in [1.807, 2.05) is 34.3 Å². The molecule has 3 aromatic heterocycles. The molecule has 3 rings (SSSR count). The molecule has 0 unspecified atom stereocenters. The van der Waals surface area contributed by atoms with Crippen LogP contribution in [0.4, 0.5) is 0 Å². The third kappa shape index (κ3) is 2.55. The lowest BCUT2D eigenvalue weighted by molar-refractivity contribution is 1.51. The van der Waals surface area contributed by atoms with Crippen molar-refractivity contribution in [3.63, 3.8) is 0 Å². The number of hydrogen-bond donors (Lipinski definition) is 0. The summed E-state index contributed by atoms with van der Waals surface area (Å²) < 4.78 is 0. The average Bonchev–Trinajstić information content (AvgIpc) is 3.23. The lowest BCUT2D eigenvalue weighted by atomic mass is 10.0. The summed E-state index contributed by atoms with van der Waals surface area (Å²) in [6, 6.07) is 12.2. The fourth-order valence-corrected chi connectivity index (χ4v) is 4.86.